The molecule has 1 aromatic carbocycles. The molecule has 8 heteroatoms. The van der Waals surface area contributed by atoms with Crippen molar-refractivity contribution in [2.75, 3.05) is 20.3 Å². The first-order valence-electron chi connectivity index (χ1n) is 8.84. The molecule has 1 aromatic heterocycles. The van der Waals surface area contributed by atoms with E-state index in [-0.39, 0.29) is 30.1 Å². The van der Waals surface area contributed by atoms with Crippen LogP contribution in [-0.4, -0.2) is 37.3 Å². The fourth-order valence-electron chi connectivity index (χ4n) is 2.76. The van der Waals surface area contributed by atoms with Gasteiger partial charge >= 0.3 is 0 Å². The van der Waals surface area contributed by atoms with Gasteiger partial charge in [-0.05, 0) is 25.5 Å². The molecular formula is C19H27IN4O2S. The van der Waals surface area contributed by atoms with Gasteiger partial charge in [0, 0.05) is 36.7 Å². The van der Waals surface area contributed by atoms with Gasteiger partial charge in [0.2, 0.25) is 0 Å². The number of aryl methyl sites for hydroxylation is 2. The highest BCUT2D eigenvalue weighted by Gasteiger charge is 2.18. The Morgan fingerprint density at radius 1 is 1.33 bits per heavy atom. The van der Waals surface area contributed by atoms with E-state index < -0.39 is 0 Å². The van der Waals surface area contributed by atoms with Crippen molar-refractivity contribution in [3.8, 4) is 5.75 Å². The Kier molecular flexibility index (Phi) is 8.78. The molecular weight excluding hydrogens is 475 g/mol. The minimum Gasteiger partial charge on any atom is -0.488 e. The average molecular weight is 502 g/mol. The Bertz CT molecular complexity index is 760. The zero-order chi connectivity index (χ0) is 18.4. The highest BCUT2D eigenvalue weighted by atomic mass is 127. The number of aromatic nitrogens is 1. The van der Waals surface area contributed by atoms with Crippen LogP contribution >= 0.6 is 35.3 Å². The largest absolute Gasteiger partial charge is 0.488 e. The number of nitrogens with one attached hydrogen (secondary N) is 2. The van der Waals surface area contributed by atoms with Crippen LogP contribution in [0.3, 0.4) is 0 Å². The Hall–Kier alpha value is -1.39. The number of halogens is 1. The number of rotatable bonds is 6. The molecule has 2 aromatic rings. The third-order valence-corrected chi connectivity index (χ3v) is 5.09. The molecule has 1 aliphatic rings. The number of ether oxygens (including phenoxy) is 2. The molecule has 1 atom stereocenters. The first-order chi connectivity index (χ1) is 12.6. The molecule has 1 saturated heterocycles. The number of benzene rings is 1. The van der Waals surface area contributed by atoms with Crippen LogP contribution in [0.1, 0.15) is 27.4 Å². The van der Waals surface area contributed by atoms with E-state index in [2.05, 4.69) is 45.7 Å². The summed E-state index contributed by atoms with van der Waals surface area (Å²) in [7, 11) is 1.77. The summed E-state index contributed by atoms with van der Waals surface area (Å²) in [6.07, 6.45) is 2.98. The summed E-state index contributed by atoms with van der Waals surface area (Å²) < 4.78 is 11.6. The lowest BCUT2D eigenvalue weighted by atomic mass is 10.1. The van der Waals surface area contributed by atoms with Crippen molar-refractivity contribution in [3.63, 3.8) is 0 Å². The third kappa shape index (κ3) is 6.62. The molecule has 6 nitrogen and oxygen atoms in total. The molecule has 0 bridgehead atoms. The molecule has 1 fully saturated rings. The summed E-state index contributed by atoms with van der Waals surface area (Å²) in [4.78, 5) is 9.75. The van der Waals surface area contributed by atoms with Gasteiger partial charge in [0.15, 0.2) is 5.96 Å². The lowest BCUT2D eigenvalue weighted by Gasteiger charge is -2.18. The van der Waals surface area contributed by atoms with Crippen molar-refractivity contribution in [1.29, 1.82) is 0 Å². The van der Waals surface area contributed by atoms with Crippen molar-refractivity contribution in [2.24, 2.45) is 4.99 Å². The third-order valence-electron chi connectivity index (χ3n) is 4.17. The standard InChI is InChI=1S/C19H26N4O2S.HI/c1-13-4-5-15(18(8-13)25-16-6-7-24-12-16)9-22-19(20-3)23-11-17-10-21-14(2)26-17;/h4-5,8,10,16H,6-7,9,11-12H2,1-3H3,(H2,20,22,23);1H. The second-order valence-electron chi connectivity index (χ2n) is 6.34. The molecule has 2 heterocycles. The quantitative estimate of drug-likeness (QED) is 0.360. The summed E-state index contributed by atoms with van der Waals surface area (Å²) in [5.41, 5.74) is 2.30. The van der Waals surface area contributed by atoms with Gasteiger partial charge in [-0.25, -0.2) is 4.98 Å². The average Bonchev–Trinajstić information content (AvgIpc) is 3.28. The second-order valence-corrected chi connectivity index (χ2v) is 7.66. The van der Waals surface area contributed by atoms with Gasteiger partial charge in [0.05, 0.1) is 24.8 Å². The van der Waals surface area contributed by atoms with Crippen LogP contribution < -0.4 is 15.4 Å². The molecule has 0 radical (unpaired) electrons. The number of hydrogen-bond acceptors (Lipinski definition) is 5. The van der Waals surface area contributed by atoms with Gasteiger partial charge in [-0.1, -0.05) is 12.1 Å². The van der Waals surface area contributed by atoms with E-state index in [0.29, 0.717) is 19.7 Å². The number of nitrogens with zero attached hydrogens (tertiary/aromatic N) is 2. The molecule has 148 valence electrons. The molecule has 3 rings (SSSR count). The van der Waals surface area contributed by atoms with Crippen LogP contribution in [0.5, 0.6) is 5.75 Å². The first kappa shape index (κ1) is 21.9. The van der Waals surface area contributed by atoms with E-state index in [0.717, 1.165) is 35.3 Å². The summed E-state index contributed by atoms with van der Waals surface area (Å²) in [6.45, 7) is 6.88. The predicted octanol–water partition coefficient (Wildman–Crippen LogP) is 3.41. The SMILES string of the molecule is CN=C(NCc1cnc(C)s1)NCc1ccc(C)cc1OC1CCOC1.I. The maximum absolute atomic E-state index is 6.15. The van der Waals surface area contributed by atoms with Crippen molar-refractivity contribution >= 4 is 41.3 Å². The normalized spacial score (nSPS) is 16.7. The Labute approximate surface area is 181 Å². The Morgan fingerprint density at radius 2 is 2.15 bits per heavy atom. The van der Waals surface area contributed by atoms with Crippen molar-refractivity contribution in [2.45, 2.75) is 39.5 Å². The summed E-state index contributed by atoms with van der Waals surface area (Å²) in [5.74, 6) is 1.67. The number of hydrogen-bond donors (Lipinski definition) is 2. The zero-order valence-electron chi connectivity index (χ0n) is 15.9. The highest BCUT2D eigenvalue weighted by molar-refractivity contribution is 14.0. The molecule has 0 aliphatic carbocycles. The Balaban J connectivity index is 0.00000261. The van der Waals surface area contributed by atoms with E-state index in [9.17, 15) is 0 Å². The number of aliphatic imine (C=N–C) groups is 1. The van der Waals surface area contributed by atoms with E-state index >= 15 is 0 Å². The second kappa shape index (κ2) is 10.8. The monoisotopic (exact) mass is 502 g/mol. The molecule has 0 spiro atoms. The molecule has 1 unspecified atom stereocenters. The summed E-state index contributed by atoms with van der Waals surface area (Å²) in [6, 6.07) is 6.30. The van der Waals surface area contributed by atoms with Crippen molar-refractivity contribution in [1.82, 2.24) is 15.6 Å². The van der Waals surface area contributed by atoms with Crippen LogP contribution in [0.25, 0.3) is 0 Å². The minimum atomic E-state index is 0. The van der Waals surface area contributed by atoms with E-state index in [4.69, 9.17) is 9.47 Å². The summed E-state index contributed by atoms with van der Waals surface area (Å²) >= 11 is 1.69. The number of thiazole rings is 1. The van der Waals surface area contributed by atoms with Crippen LogP contribution in [0.4, 0.5) is 0 Å². The van der Waals surface area contributed by atoms with Gasteiger partial charge in [0.25, 0.3) is 0 Å². The summed E-state index contributed by atoms with van der Waals surface area (Å²) in [5, 5.41) is 7.75. The van der Waals surface area contributed by atoms with Gasteiger partial charge < -0.3 is 20.1 Å². The molecule has 1 aliphatic heterocycles. The van der Waals surface area contributed by atoms with Gasteiger partial charge in [-0.2, -0.15) is 0 Å². The minimum absolute atomic E-state index is 0. The van der Waals surface area contributed by atoms with Crippen molar-refractivity contribution in [3.05, 3.63) is 45.4 Å². The van der Waals surface area contributed by atoms with Gasteiger partial charge in [-0.3, -0.25) is 4.99 Å². The fourth-order valence-corrected chi connectivity index (χ4v) is 3.49. The van der Waals surface area contributed by atoms with Crippen LogP contribution in [0, 0.1) is 13.8 Å². The smallest absolute Gasteiger partial charge is 0.191 e. The lowest BCUT2D eigenvalue weighted by molar-refractivity contribution is 0.140. The molecule has 27 heavy (non-hydrogen) atoms. The maximum Gasteiger partial charge on any atom is 0.191 e. The highest BCUT2D eigenvalue weighted by Crippen LogP contribution is 2.23. The Morgan fingerprint density at radius 3 is 2.81 bits per heavy atom. The predicted molar refractivity (Wildman–Crippen MR) is 120 cm³/mol. The van der Waals surface area contributed by atoms with Crippen LogP contribution in [0.2, 0.25) is 0 Å². The maximum atomic E-state index is 6.15. The molecule has 0 saturated carbocycles. The first-order valence-corrected chi connectivity index (χ1v) is 9.65. The van der Waals surface area contributed by atoms with E-state index in [1.165, 1.54) is 10.4 Å². The van der Waals surface area contributed by atoms with Gasteiger partial charge in [-0.15, -0.1) is 35.3 Å². The lowest BCUT2D eigenvalue weighted by Crippen LogP contribution is -2.36. The topological polar surface area (TPSA) is 67.8 Å². The van der Waals surface area contributed by atoms with Crippen molar-refractivity contribution < 1.29 is 9.47 Å². The van der Waals surface area contributed by atoms with Gasteiger partial charge in [0.1, 0.15) is 11.9 Å². The van der Waals surface area contributed by atoms with E-state index in [1.54, 1.807) is 18.4 Å². The van der Waals surface area contributed by atoms with E-state index in [1.807, 2.05) is 13.1 Å². The van der Waals surface area contributed by atoms with Crippen LogP contribution in [-0.2, 0) is 17.8 Å². The fraction of sp³-hybridized carbons (Fsp3) is 0.474. The number of guanidine groups is 1. The van der Waals surface area contributed by atoms with Crippen LogP contribution in [0.15, 0.2) is 29.4 Å². The zero-order valence-corrected chi connectivity index (χ0v) is 19.1. The molecule has 2 N–H and O–H groups in total. The molecule has 0 amide bonds.